The quantitative estimate of drug-likeness (QED) is 0.619. The molecule has 1 atom stereocenters. The van der Waals surface area contributed by atoms with Gasteiger partial charge in [0.25, 0.3) is 0 Å². The summed E-state index contributed by atoms with van der Waals surface area (Å²) in [7, 11) is 0. The van der Waals surface area contributed by atoms with Crippen molar-refractivity contribution in [3.8, 4) is 0 Å². The van der Waals surface area contributed by atoms with Gasteiger partial charge in [-0.1, -0.05) is 30.3 Å². The molecule has 2 rings (SSSR count). The number of nitrogens with zero attached hydrogens (tertiary/aromatic N) is 1. The molecule has 0 aromatic heterocycles. The summed E-state index contributed by atoms with van der Waals surface area (Å²) in [6, 6.07) is 10.7. The van der Waals surface area contributed by atoms with Crippen LogP contribution in [-0.4, -0.2) is 24.0 Å². The fourth-order valence-electron chi connectivity index (χ4n) is 2.79. The van der Waals surface area contributed by atoms with Crippen molar-refractivity contribution in [1.82, 2.24) is 4.90 Å². The fourth-order valence-corrected chi connectivity index (χ4v) is 2.79. The monoisotopic (exact) mass is 273 g/mol. The zero-order chi connectivity index (χ0) is 14.5. The van der Waals surface area contributed by atoms with Crippen molar-refractivity contribution in [1.29, 1.82) is 0 Å². The fraction of sp³-hybridized carbons (Fsp3) is 0.471. The summed E-state index contributed by atoms with van der Waals surface area (Å²) < 4.78 is 5.13. The van der Waals surface area contributed by atoms with Crippen molar-refractivity contribution in [2.75, 3.05) is 13.2 Å². The molecule has 1 saturated heterocycles. The Kier molecular flexibility index (Phi) is 4.83. The van der Waals surface area contributed by atoms with Gasteiger partial charge in [-0.05, 0) is 39.2 Å². The molecule has 0 amide bonds. The smallest absolute Gasteiger partial charge is 0.335 e. The number of allylic oxidation sites excluding steroid dienone is 1. The number of esters is 1. The van der Waals surface area contributed by atoms with Crippen molar-refractivity contribution in [3.63, 3.8) is 0 Å². The van der Waals surface area contributed by atoms with Crippen molar-refractivity contribution in [2.24, 2.45) is 0 Å². The van der Waals surface area contributed by atoms with Crippen LogP contribution in [0.25, 0.3) is 0 Å². The van der Waals surface area contributed by atoms with Crippen LogP contribution in [0, 0.1) is 0 Å². The molecule has 1 aliphatic heterocycles. The van der Waals surface area contributed by atoms with Gasteiger partial charge in [0.1, 0.15) is 0 Å². The molecule has 0 N–H and O–H groups in total. The van der Waals surface area contributed by atoms with Crippen LogP contribution in [0.15, 0.2) is 41.6 Å². The van der Waals surface area contributed by atoms with E-state index < -0.39 is 0 Å². The third-order valence-electron chi connectivity index (χ3n) is 3.92. The van der Waals surface area contributed by atoms with Gasteiger partial charge in [-0.25, -0.2) is 4.79 Å². The van der Waals surface area contributed by atoms with Gasteiger partial charge in [0, 0.05) is 12.2 Å². The van der Waals surface area contributed by atoms with Crippen LogP contribution in [0.5, 0.6) is 0 Å². The molecule has 1 aromatic rings. The summed E-state index contributed by atoms with van der Waals surface area (Å²) in [6.45, 7) is 7.34. The van der Waals surface area contributed by atoms with E-state index in [-0.39, 0.29) is 12.0 Å². The van der Waals surface area contributed by atoms with Crippen LogP contribution in [-0.2, 0) is 9.53 Å². The lowest BCUT2D eigenvalue weighted by Crippen LogP contribution is -2.24. The second kappa shape index (κ2) is 6.60. The average molecular weight is 273 g/mol. The van der Waals surface area contributed by atoms with E-state index in [1.54, 1.807) is 0 Å². The van der Waals surface area contributed by atoms with Gasteiger partial charge in [0.05, 0.1) is 18.2 Å². The Labute approximate surface area is 121 Å². The topological polar surface area (TPSA) is 29.5 Å². The summed E-state index contributed by atoms with van der Waals surface area (Å²) in [6.07, 6.45) is 2.06. The highest BCUT2D eigenvalue weighted by atomic mass is 16.5. The third-order valence-corrected chi connectivity index (χ3v) is 3.92. The lowest BCUT2D eigenvalue weighted by atomic mass is 10.1. The van der Waals surface area contributed by atoms with Crippen LogP contribution >= 0.6 is 0 Å². The Balaban J connectivity index is 2.23. The molecule has 1 aliphatic rings. The van der Waals surface area contributed by atoms with E-state index >= 15 is 0 Å². The average Bonchev–Trinajstić information content (AvgIpc) is 2.96. The number of carbonyl (C=O) groups excluding carboxylic acids is 1. The number of likely N-dealkylation sites (tertiary alicyclic amines) is 1. The van der Waals surface area contributed by atoms with Crippen molar-refractivity contribution in [2.45, 2.75) is 39.7 Å². The Hall–Kier alpha value is -1.77. The highest BCUT2D eigenvalue weighted by molar-refractivity contribution is 5.88. The largest absolute Gasteiger partial charge is 0.463 e. The Bertz CT molecular complexity index is 493. The molecule has 0 spiro atoms. The predicted molar refractivity (Wildman–Crippen MR) is 80.1 cm³/mol. The zero-order valence-corrected chi connectivity index (χ0v) is 12.6. The minimum atomic E-state index is -0.185. The first-order valence-electron chi connectivity index (χ1n) is 7.33. The lowest BCUT2D eigenvalue weighted by molar-refractivity contribution is -0.138. The number of rotatable bonds is 4. The number of hydrogen-bond acceptors (Lipinski definition) is 3. The Morgan fingerprint density at radius 2 is 2.05 bits per heavy atom. The zero-order valence-electron chi connectivity index (χ0n) is 12.6. The Morgan fingerprint density at radius 3 is 2.70 bits per heavy atom. The molecule has 1 fully saturated rings. The van der Waals surface area contributed by atoms with Gasteiger partial charge < -0.3 is 9.64 Å². The van der Waals surface area contributed by atoms with Crippen LogP contribution in [0.1, 0.15) is 45.2 Å². The van der Waals surface area contributed by atoms with Crippen LogP contribution < -0.4 is 0 Å². The van der Waals surface area contributed by atoms with Gasteiger partial charge in [-0.3, -0.25) is 0 Å². The highest BCUT2D eigenvalue weighted by Crippen LogP contribution is 2.33. The van der Waals surface area contributed by atoms with Gasteiger partial charge in [-0.2, -0.15) is 0 Å². The second-order valence-corrected chi connectivity index (χ2v) is 5.18. The third kappa shape index (κ3) is 3.03. The van der Waals surface area contributed by atoms with Gasteiger partial charge in [0.2, 0.25) is 0 Å². The molecule has 3 heteroatoms. The molecule has 0 unspecified atom stereocenters. The Morgan fingerprint density at radius 1 is 1.35 bits per heavy atom. The first kappa shape index (κ1) is 14.6. The van der Waals surface area contributed by atoms with E-state index in [1.807, 2.05) is 19.9 Å². The number of hydrogen-bond donors (Lipinski definition) is 0. The number of ether oxygens (including phenoxy) is 1. The van der Waals surface area contributed by atoms with Crippen LogP contribution in [0.4, 0.5) is 0 Å². The molecule has 0 bridgehead atoms. The van der Waals surface area contributed by atoms with Crippen LogP contribution in [0.3, 0.4) is 0 Å². The molecular weight excluding hydrogens is 250 g/mol. The summed E-state index contributed by atoms with van der Waals surface area (Å²) in [4.78, 5) is 14.3. The summed E-state index contributed by atoms with van der Waals surface area (Å²) >= 11 is 0. The molecule has 0 radical (unpaired) electrons. The summed E-state index contributed by atoms with van der Waals surface area (Å²) in [5, 5.41) is 0. The molecule has 1 heterocycles. The van der Waals surface area contributed by atoms with Crippen molar-refractivity contribution < 1.29 is 9.53 Å². The van der Waals surface area contributed by atoms with Gasteiger partial charge in [-0.15, -0.1) is 0 Å². The van der Waals surface area contributed by atoms with E-state index in [2.05, 4.69) is 36.1 Å². The molecule has 20 heavy (non-hydrogen) atoms. The highest BCUT2D eigenvalue weighted by Gasteiger charge is 2.26. The van der Waals surface area contributed by atoms with Crippen molar-refractivity contribution >= 4 is 5.97 Å². The lowest BCUT2D eigenvalue weighted by Gasteiger charge is -2.29. The predicted octanol–water partition coefficient (Wildman–Crippen LogP) is 3.68. The summed E-state index contributed by atoms with van der Waals surface area (Å²) in [5.74, 6) is -0.185. The number of benzene rings is 1. The van der Waals surface area contributed by atoms with E-state index in [0.29, 0.717) is 6.61 Å². The SMILES string of the molecule is CCOC(=O)/C(C)=C1\CCCN1[C@H](C)c1ccccc1. The van der Waals surface area contributed by atoms with Gasteiger partial charge in [0.15, 0.2) is 0 Å². The van der Waals surface area contributed by atoms with Gasteiger partial charge >= 0.3 is 5.97 Å². The second-order valence-electron chi connectivity index (χ2n) is 5.18. The summed E-state index contributed by atoms with van der Waals surface area (Å²) in [5.41, 5.74) is 3.18. The van der Waals surface area contributed by atoms with Crippen LogP contribution in [0.2, 0.25) is 0 Å². The molecule has 1 aromatic carbocycles. The molecule has 0 saturated carbocycles. The standard InChI is InChI=1S/C17H23NO2/c1-4-20-17(19)13(2)16-11-8-12-18(16)14(3)15-9-6-5-7-10-15/h5-7,9-10,14H,4,8,11-12H2,1-3H3/b16-13+/t14-/m1/s1. The maximum atomic E-state index is 11.9. The maximum Gasteiger partial charge on any atom is 0.335 e. The van der Waals surface area contributed by atoms with E-state index in [1.165, 1.54) is 5.56 Å². The molecule has 3 nitrogen and oxygen atoms in total. The first-order chi connectivity index (χ1) is 9.65. The maximum absolute atomic E-state index is 11.9. The molecule has 0 aliphatic carbocycles. The normalized spacial score (nSPS) is 18.9. The van der Waals surface area contributed by atoms with E-state index in [9.17, 15) is 4.79 Å². The van der Waals surface area contributed by atoms with E-state index in [0.717, 1.165) is 30.7 Å². The van der Waals surface area contributed by atoms with E-state index in [4.69, 9.17) is 4.74 Å². The first-order valence-corrected chi connectivity index (χ1v) is 7.33. The molecular formula is C17H23NO2. The number of carbonyl (C=O) groups is 1. The van der Waals surface area contributed by atoms with Crippen molar-refractivity contribution in [3.05, 3.63) is 47.2 Å². The molecule has 108 valence electrons. The minimum Gasteiger partial charge on any atom is -0.463 e. The minimum absolute atomic E-state index is 0.185.